The molecule has 0 unspecified atom stereocenters. The van der Waals surface area contributed by atoms with Gasteiger partial charge in [-0.2, -0.15) is 0 Å². The molecule has 2 aromatic heterocycles. The first-order valence-electron chi connectivity index (χ1n) is 10.4. The number of hydrogen-bond acceptors (Lipinski definition) is 3. The van der Waals surface area contributed by atoms with Crippen LogP contribution in [0.5, 0.6) is 0 Å². The van der Waals surface area contributed by atoms with E-state index in [2.05, 4.69) is 6.92 Å². The molecule has 0 atom stereocenters. The molecular formula is C24H28ClN3O3. The lowest BCUT2D eigenvalue weighted by Crippen LogP contribution is -2.43. The predicted molar refractivity (Wildman–Crippen MR) is 121 cm³/mol. The number of amides is 2. The third-order valence-corrected chi connectivity index (χ3v) is 5.39. The van der Waals surface area contributed by atoms with Crippen molar-refractivity contribution < 1.29 is 14.0 Å². The monoisotopic (exact) mass is 441 g/mol. The van der Waals surface area contributed by atoms with Gasteiger partial charge in [0.15, 0.2) is 0 Å². The number of furan rings is 1. The summed E-state index contributed by atoms with van der Waals surface area (Å²) < 4.78 is 7.45. The Bertz CT molecular complexity index is 997. The Labute approximate surface area is 188 Å². The van der Waals surface area contributed by atoms with E-state index in [1.54, 1.807) is 46.4 Å². The molecule has 0 aliphatic carbocycles. The van der Waals surface area contributed by atoms with Gasteiger partial charge in [0.05, 0.1) is 19.4 Å². The molecule has 0 saturated carbocycles. The topological polar surface area (TPSA) is 58.7 Å². The van der Waals surface area contributed by atoms with E-state index in [1.807, 2.05) is 36.0 Å². The molecule has 0 fully saturated rings. The summed E-state index contributed by atoms with van der Waals surface area (Å²) >= 11 is 6.07. The van der Waals surface area contributed by atoms with E-state index in [-0.39, 0.29) is 18.4 Å². The van der Waals surface area contributed by atoms with Gasteiger partial charge in [-0.15, -0.1) is 0 Å². The van der Waals surface area contributed by atoms with Gasteiger partial charge in [-0.1, -0.05) is 31.0 Å². The second kappa shape index (κ2) is 10.9. The molecule has 0 aliphatic heterocycles. The van der Waals surface area contributed by atoms with E-state index in [0.29, 0.717) is 36.0 Å². The van der Waals surface area contributed by atoms with Crippen LogP contribution in [-0.4, -0.2) is 39.3 Å². The Kier molecular flexibility index (Phi) is 7.95. The van der Waals surface area contributed by atoms with Crippen LogP contribution in [0.15, 0.2) is 65.4 Å². The number of benzene rings is 1. The molecule has 6 nitrogen and oxygen atoms in total. The van der Waals surface area contributed by atoms with E-state index in [0.717, 1.165) is 18.5 Å². The fourth-order valence-electron chi connectivity index (χ4n) is 3.35. The molecule has 0 aliphatic rings. The highest BCUT2D eigenvalue weighted by Gasteiger charge is 2.23. The van der Waals surface area contributed by atoms with Gasteiger partial charge in [-0.05, 0) is 48.9 Å². The molecule has 0 N–H and O–H groups in total. The van der Waals surface area contributed by atoms with Crippen LogP contribution in [0.1, 0.15) is 41.6 Å². The van der Waals surface area contributed by atoms with Crippen LogP contribution in [-0.2, 0) is 24.9 Å². The largest absolute Gasteiger partial charge is 0.467 e. The van der Waals surface area contributed by atoms with Crippen LogP contribution in [0.3, 0.4) is 0 Å². The number of hydrogen-bond donors (Lipinski definition) is 0. The summed E-state index contributed by atoms with van der Waals surface area (Å²) in [5.41, 5.74) is 1.48. The first-order valence-corrected chi connectivity index (χ1v) is 10.8. The molecule has 7 heteroatoms. The fourth-order valence-corrected chi connectivity index (χ4v) is 3.54. The summed E-state index contributed by atoms with van der Waals surface area (Å²) in [7, 11) is 1.95. The normalized spacial score (nSPS) is 10.8. The zero-order valence-corrected chi connectivity index (χ0v) is 18.7. The Morgan fingerprint density at radius 3 is 2.55 bits per heavy atom. The van der Waals surface area contributed by atoms with Crippen LogP contribution in [0.25, 0.3) is 0 Å². The smallest absolute Gasteiger partial charge is 0.254 e. The minimum absolute atomic E-state index is 0.00349. The molecule has 1 aromatic carbocycles. The predicted octanol–water partition coefficient (Wildman–Crippen LogP) is 4.74. The van der Waals surface area contributed by atoms with E-state index in [4.69, 9.17) is 16.0 Å². The summed E-state index contributed by atoms with van der Waals surface area (Å²) in [5.74, 6) is 0.369. The lowest BCUT2D eigenvalue weighted by molar-refractivity contribution is -0.133. The van der Waals surface area contributed by atoms with Crippen molar-refractivity contribution in [2.45, 2.75) is 32.9 Å². The minimum Gasteiger partial charge on any atom is -0.467 e. The molecule has 2 heterocycles. The van der Waals surface area contributed by atoms with Crippen molar-refractivity contribution in [3.63, 3.8) is 0 Å². The number of carbonyl (C=O) groups is 2. The Morgan fingerprint density at radius 1 is 1.06 bits per heavy atom. The van der Waals surface area contributed by atoms with E-state index >= 15 is 0 Å². The lowest BCUT2D eigenvalue weighted by atomic mass is 10.2. The number of aryl methyl sites for hydroxylation is 1. The summed E-state index contributed by atoms with van der Waals surface area (Å²) in [6, 6.07) is 14.4. The highest BCUT2D eigenvalue weighted by molar-refractivity contribution is 6.31. The number of carbonyl (C=O) groups excluding carboxylic acids is 2. The molecule has 3 aromatic rings. The summed E-state index contributed by atoms with van der Waals surface area (Å²) in [6.07, 6.45) is 5.28. The van der Waals surface area contributed by atoms with E-state index in [1.165, 1.54) is 0 Å². The second-order valence-corrected chi connectivity index (χ2v) is 7.97. The average molecular weight is 442 g/mol. The molecule has 0 spiro atoms. The van der Waals surface area contributed by atoms with Gasteiger partial charge in [0.2, 0.25) is 5.91 Å². The van der Waals surface area contributed by atoms with Crippen LogP contribution in [0, 0.1) is 0 Å². The molecule has 0 radical (unpaired) electrons. The van der Waals surface area contributed by atoms with Crippen LogP contribution < -0.4 is 0 Å². The Hall–Kier alpha value is -2.99. The number of aromatic nitrogens is 1. The summed E-state index contributed by atoms with van der Waals surface area (Å²) in [5, 5.41) is 0.496. The maximum Gasteiger partial charge on any atom is 0.254 e. The third-order valence-electron chi connectivity index (χ3n) is 5.15. The molecule has 0 saturated heterocycles. The Morgan fingerprint density at radius 2 is 1.90 bits per heavy atom. The average Bonchev–Trinajstić information content (AvgIpc) is 3.42. The first kappa shape index (κ1) is 22.7. The van der Waals surface area contributed by atoms with Gasteiger partial charge in [0, 0.05) is 36.1 Å². The number of rotatable bonds is 10. The quantitative estimate of drug-likeness (QED) is 0.456. The van der Waals surface area contributed by atoms with Crippen molar-refractivity contribution in [3.8, 4) is 0 Å². The van der Waals surface area contributed by atoms with Crippen LogP contribution in [0.4, 0.5) is 0 Å². The van der Waals surface area contributed by atoms with E-state index in [9.17, 15) is 9.59 Å². The number of halogens is 1. The van der Waals surface area contributed by atoms with Gasteiger partial charge in [-0.25, -0.2) is 0 Å². The van der Waals surface area contributed by atoms with E-state index < -0.39 is 0 Å². The van der Waals surface area contributed by atoms with Crippen molar-refractivity contribution in [3.05, 3.63) is 83.0 Å². The zero-order chi connectivity index (χ0) is 22.2. The van der Waals surface area contributed by atoms with Crippen molar-refractivity contribution in [1.82, 2.24) is 14.4 Å². The summed E-state index contributed by atoms with van der Waals surface area (Å²) in [6.45, 7) is 3.32. The maximum atomic E-state index is 13.3. The SMILES string of the molecule is CCCCN(CC(=O)N(Cc1ccco1)Cc1cccn1C)C(=O)c1cccc(Cl)c1. The van der Waals surface area contributed by atoms with Gasteiger partial charge in [0.25, 0.3) is 5.91 Å². The van der Waals surface area contributed by atoms with Crippen LogP contribution in [0.2, 0.25) is 5.02 Å². The molecule has 0 bridgehead atoms. The molecule has 3 rings (SSSR count). The van der Waals surface area contributed by atoms with Crippen molar-refractivity contribution in [2.75, 3.05) is 13.1 Å². The van der Waals surface area contributed by atoms with Gasteiger partial charge in [0.1, 0.15) is 12.3 Å². The minimum atomic E-state index is -0.193. The van der Waals surface area contributed by atoms with Crippen LogP contribution >= 0.6 is 11.6 Å². The van der Waals surface area contributed by atoms with Gasteiger partial charge in [-0.3, -0.25) is 9.59 Å². The van der Waals surface area contributed by atoms with Crippen molar-refractivity contribution in [1.29, 1.82) is 0 Å². The number of nitrogens with zero attached hydrogens (tertiary/aromatic N) is 3. The fraction of sp³-hybridized carbons (Fsp3) is 0.333. The number of unbranched alkanes of at least 4 members (excludes halogenated alkanes) is 1. The molecule has 164 valence electrons. The second-order valence-electron chi connectivity index (χ2n) is 7.53. The van der Waals surface area contributed by atoms with Gasteiger partial charge >= 0.3 is 0 Å². The summed E-state index contributed by atoms with van der Waals surface area (Å²) in [4.78, 5) is 29.8. The zero-order valence-electron chi connectivity index (χ0n) is 18.0. The highest BCUT2D eigenvalue weighted by Crippen LogP contribution is 2.16. The lowest BCUT2D eigenvalue weighted by Gasteiger charge is -2.27. The molecule has 2 amide bonds. The Balaban J connectivity index is 1.79. The van der Waals surface area contributed by atoms with Crippen molar-refractivity contribution >= 4 is 23.4 Å². The standard InChI is InChI=1S/C24H28ClN3O3/c1-3-4-13-27(24(30)19-8-5-9-20(25)15-19)18-23(29)28(17-22-11-7-14-31-22)16-21-10-6-12-26(21)2/h5-12,14-15H,3-4,13,16-18H2,1-2H3. The highest BCUT2D eigenvalue weighted by atomic mass is 35.5. The third kappa shape index (κ3) is 6.25. The first-order chi connectivity index (χ1) is 15.0. The molecular weight excluding hydrogens is 414 g/mol. The van der Waals surface area contributed by atoms with Crippen molar-refractivity contribution in [2.24, 2.45) is 7.05 Å². The maximum absolute atomic E-state index is 13.3. The van der Waals surface area contributed by atoms with Gasteiger partial charge < -0.3 is 18.8 Å². The molecule has 31 heavy (non-hydrogen) atoms.